The van der Waals surface area contributed by atoms with Gasteiger partial charge in [0.25, 0.3) is 5.91 Å². The van der Waals surface area contributed by atoms with Gasteiger partial charge in [0, 0.05) is 23.8 Å². The number of benzene rings is 1. The van der Waals surface area contributed by atoms with Gasteiger partial charge in [0.1, 0.15) is 0 Å². The van der Waals surface area contributed by atoms with Crippen molar-refractivity contribution in [2.24, 2.45) is 0 Å². The van der Waals surface area contributed by atoms with Crippen LogP contribution >= 0.6 is 0 Å². The number of aliphatic carboxylic acids is 1. The van der Waals surface area contributed by atoms with Crippen molar-refractivity contribution in [3.8, 4) is 0 Å². The van der Waals surface area contributed by atoms with Crippen LogP contribution in [0.25, 0.3) is 0 Å². The van der Waals surface area contributed by atoms with Gasteiger partial charge in [-0.15, -0.1) is 0 Å². The van der Waals surface area contributed by atoms with Crippen LogP contribution in [0.1, 0.15) is 36.2 Å². The quantitative estimate of drug-likeness (QED) is 0.860. The van der Waals surface area contributed by atoms with Crippen molar-refractivity contribution in [3.05, 3.63) is 29.3 Å². The van der Waals surface area contributed by atoms with E-state index in [9.17, 15) is 14.4 Å². The smallest absolute Gasteiger partial charge is 0.305 e. The van der Waals surface area contributed by atoms with Crippen LogP contribution in [0, 0.1) is 0 Å². The molecule has 0 bridgehead atoms. The van der Waals surface area contributed by atoms with Crippen molar-refractivity contribution in [1.82, 2.24) is 4.90 Å². The Morgan fingerprint density at radius 1 is 1.38 bits per heavy atom. The fraction of sp³-hybridized carbons (Fsp3) is 0.400. The molecule has 1 heterocycles. The largest absolute Gasteiger partial charge is 0.481 e. The molecule has 1 aliphatic rings. The number of carboxylic acid groups (broad SMARTS) is 1. The molecule has 1 aliphatic heterocycles. The maximum atomic E-state index is 12.5. The number of nitrogens with one attached hydrogen (secondary N) is 1. The first-order valence-corrected chi connectivity index (χ1v) is 6.84. The summed E-state index contributed by atoms with van der Waals surface area (Å²) in [6, 6.07) is 4.97. The van der Waals surface area contributed by atoms with E-state index >= 15 is 0 Å². The summed E-state index contributed by atoms with van der Waals surface area (Å²) < 4.78 is 0. The standard InChI is InChI=1S/C15H18N2O4/c1-9(2)17(6-5-14(19)20)15(21)10-3-4-12-11(7-10)8-13(18)16-12/h3-4,7,9H,5-6,8H2,1-2H3,(H,16,18)(H,19,20). The minimum Gasteiger partial charge on any atom is -0.481 e. The van der Waals surface area contributed by atoms with Crippen LogP contribution in [0.2, 0.25) is 0 Å². The lowest BCUT2D eigenvalue weighted by Crippen LogP contribution is -2.38. The van der Waals surface area contributed by atoms with Crippen LogP contribution in [0.15, 0.2) is 18.2 Å². The van der Waals surface area contributed by atoms with E-state index in [1.165, 1.54) is 4.90 Å². The summed E-state index contributed by atoms with van der Waals surface area (Å²) >= 11 is 0. The van der Waals surface area contributed by atoms with E-state index in [2.05, 4.69) is 5.32 Å². The van der Waals surface area contributed by atoms with Gasteiger partial charge in [0.05, 0.1) is 12.8 Å². The van der Waals surface area contributed by atoms with Crippen LogP contribution in [0.4, 0.5) is 5.69 Å². The van der Waals surface area contributed by atoms with Crippen LogP contribution in [-0.2, 0) is 16.0 Å². The molecular formula is C15H18N2O4. The first-order valence-electron chi connectivity index (χ1n) is 6.84. The van der Waals surface area contributed by atoms with E-state index in [1.807, 2.05) is 13.8 Å². The Hall–Kier alpha value is -2.37. The Morgan fingerprint density at radius 3 is 2.71 bits per heavy atom. The summed E-state index contributed by atoms with van der Waals surface area (Å²) in [5.74, 6) is -1.23. The van der Waals surface area contributed by atoms with Crippen LogP contribution < -0.4 is 5.32 Å². The Bertz CT molecular complexity index is 595. The Morgan fingerprint density at radius 2 is 2.10 bits per heavy atom. The first kappa shape index (κ1) is 15.0. The maximum Gasteiger partial charge on any atom is 0.305 e. The SMILES string of the molecule is CC(C)N(CCC(=O)O)C(=O)c1ccc2c(c1)CC(=O)N2. The van der Waals surface area contributed by atoms with Crippen molar-refractivity contribution >= 4 is 23.5 Å². The van der Waals surface area contributed by atoms with Gasteiger partial charge in [0.15, 0.2) is 0 Å². The van der Waals surface area contributed by atoms with E-state index in [-0.39, 0.29) is 37.2 Å². The molecule has 0 fully saturated rings. The molecule has 0 aromatic heterocycles. The third kappa shape index (κ3) is 3.39. The molecule has 0 unspecified atom stereocenters. The van der Waals surface area contributed by atoms with Gasteiger partial charge in [-0.1, -0.05) is 0 Å². The second kappa shape index (κ2) is 5.95. The van der Waals surface area contributed by atoms with Gasteiger partial charge in [-0.2, -0.15) is 0 Å². The molecule has 1 aromatic carbocycles. The monoisotopic (exact) mass is 290 g/mol. The predicted molar refractivity (Wildman–Crippen MR) is 77.2 cm³/mol. The highest BCUT2D eigenvalue weighted by molar-refractivity contribution is 6.01. The molecule has 2 rings (SSSR count). The number of nitrogens with zero attached hydrogens (tertiary/aromatic N) is 1. The molecule has 1 aromatic rings. The number of carbonyl (C=O) groups excluding carboxylic acids is 2. The molecule has 0 atom stereocenters. The summed E-state index contributed by atoms with van der Waals surface area (Å²) in [6.07, 6.45) is 0.183. The van der Waals surface area contributed by atoms with Gasteiger partial charge >= 0.3 is 5.97 Å². The third-order valence-corrected chi connectivity index (χ3v) is 3.43. The second-order valence-corrected chi connectivity index (χ2v) is 5.33. The zero-order chi connectivity index (χ0) is 15.6. The Labute approximate surface area is 122 Å². The molecule has 0 saturated carbocycles. The third-order valence-electron chi connectivity index (χ3n) is 3.43. The number of hydrogen-bond donors (Lipinski definition) is 2. The fourth-order valence-corrected chi connectivity index (χ4v) is 2.34. The van der Waals surface area contributed by atoms with Crippen molar-refractivity contribution in [2.75, 3.05) is 11.9 Å². The molecule has 0 saturated heterocycles. The lowest BCUT2D eigenvalue weighted by atomic mass is 10.1. The Balaban J connectivity index is 2.19. The summed E-state index contributed by atoms with van der Waals surface area (Å²) in [6.45, 7) is 3.86. The number of rotatable bonds is 5. The van der Waals surface area contributed by atoms with Gasteiger partial charge < -0.3 is 15.3 Å². The van der Waals surface area contributed by atoms with Gasteiger partial charge in [-0.3, -0.25) is 14.4 Å². The average Bonchev–Trinajstić information content (AvgIpc) is 2.76. The van der Waals surface area contributed by atoms with Crippen LogP contribution in [-0.4, -0.2) is 40.4 Å². The zero-order valence-corrected chi connectivity index (χ0v) is 12.0. The lowest BCUT2D eigenvalue weighted by molar-refractivity contribution is -0.137. The topological polar surface area (TPSA) is 86.7 Å². The average molecular weight is 290 g/mol. The van der Waals surface area contributed by atoms with Gasteiger partial charge in [0.2, 0.25) is 5.91 Å². The number of hydrogen-bond acceptors (Lipinski definition) is 3. The molecule has 112 valence electrons. The minimum atomic E-state index is -0.933. The molecule has 0 radical (unpaired) electrons. The molecule has 6 nitrogen and oxygen atoms in total. The van der Waals surface area contributed by atoms with E-state index in [0.717, 1.165) is 11.3 Å². The predicted octanol–water partition coefficient (Wildman–Crippen LogP) is 1.51. The summed E-state index contributed by atoms with van der Waals surface area (Å²) in [4.78, 5) is 36.1. The maximum absolute atomic E-state index is 12.5. The summed E-state index contributed by atoms with van der Waals surface area (Å²) in [7, 11) is 0. The van der Waals surface area contributed by atoms with E-state index in [0.29, 0.717) is 5.56 Å². The van der Waals surface area contributed by atoms with Crippen molar-refractivity contribution in [3.63, 3.8) is 0 Å². The number of fused-ring (bicyclic) bond motifs is 1. The fourth-order valence-electron chi connectivity index (χ4n) is 2.34. The normalized spacial score (nSPS) is 13.0. The molecule has 21 heavy (non-hydrogen) atoms. The van der Waals surface area contributed by atoms with Crippen LogP contribution in [0.5, 0.6) is 0 Å². The lowest BCUT2D eigenvalue weighted by Gasteiger charge is -2.26. The van der Waals surface area contributed by atoms with E-state index < -0.39 is 5.97 Å². The number of amides is 2. The minimum absolute atomic E-state index is 0.0822. The summed E-state index contributed by atoms with van der Waals surface area (Å²) in [5.41, 5.74) is 2.01. The van der Waals surface area contributed by atoms with Crippen molar-refractivity contribution in [1.29, 1.82) is 0 Å². The van der Waals surface area contributed by atoms with Crippen LogP contribution in [0.3, 0.4) is 0 Å². The van der Waals surface area contributed by atoms with Crippen molar-refractivity contribution < 1.29 is 19.5 Å². The number of anilines is 1. The summed E-state index contributed by atoms with van der Waals surface area (Å²) in [5, 5.41) is 11.5. The van der Waals surface area contributed by atoms with E-state index in [1.54, 1.807) is 18.2 Å². The van der Waals surface area contributed by atoms with E-state index in [4.69, 9.17) is 5.11 Å². The highest BCUT2D eigenvalue weighted by Crippen LogP contribution is 2.24. The molecule has 0 spiro atoms. The zero-order valence-electron chi connectivity index (χ0n) is 12.0. The first-order chi connectivity index (χ1) is 9.88. The van der Waals surface area contributed by atoms with Gasteiger partial charge in [-0.25, -0.2) is 0 Å². The number of carboxylic acids is 1. The number of carbonyl (C=O) groups is 3. The molecule has 2 N–H and O–H groups in total. The molecule has 2 amide bonds. The molecule has 0 aliphatic carbocycles. The second-order valence-electron chi connectivity index (χ2n) is 5.33. The van der Waals surface area contributed by atoms with Crippen molar-refractivity contribution in [2.45, 2.75) is 32.7 Å². The van der Waals surface area contributed by atoms with Gasteiger partial charge in [-0.05, 0) is 37.6 Å². The highest BCUT2D eigenvalue weighted by Gasteiger charge is 2.23. The Kier molecular flexibility index (Phi) is 4.26. The highest BCUT2D eigenvalue weighted by atomic mass is 16.4. The molecule has 6 heteroatoms. The molecular weight excluding hydrogens is 272 g/mol.